The van der Waals surface area contributed by atoms with Crippen LogP contribution < -0.4 is 5.32 Å². The number of carboxylic acids is 1. The zero-order chi connectivity index (χ0) is 24.4. The number of nitrogens with zero attached hydrogens (tertiary/aromatic N) is 1. The number of carbonyl (C=O) groups is 3. The minimum atomic E-state index is -0.849. The monoisotopic (exact) mass is 476 g/mol. The molecule has 3 aliphatic rings. The number of hydrogen-bond donors (Lipinski definition) is 2. The molecular weight excluding hydrogens is 444 g/mol. The minimum absolute atomic E-state index is 0.0364. The predicted octanol–water partition coefficient (Wildman–Crippen LogP) is 4.55. The summed E-state index contributed by atoms with van der Waals surface area (Å²) in [4.78, 5) is 39.2. The standard InChI is InChI=1S/C28H32N2O5/c31-25(32)15-14-19-7-5-6-16-30(19)27(33)26(18-12-13-18)29-28(34)35-17-24-22-10-3-1-8-20(22)21-9-2-4-11-23(21)24/h1-4,8-11,18-19,24,26H,5-7,12-17H2,(H,29,34)(H,31,32). The van der Waals surface area contributed by atoms with Crippen molar-refractivity contribution in [1.29, 1.82) is 0 Å². The van der Waals surface area contributed by atoms with Crippen molar-refractivity contribution in [2.24, 2.45) is 5.92 Å². The number of piperidine rings is 1. The summed E-state index contributed by atoms with van der Waals surface area (Å²) in [5.41, 5.74) is 4.62. The maximum Gasteiger partial charge on any atom is 0.407 e. The first kappa shape index (κ1) is 23.4. The van der Waals surface area contributed by atoms with Crippen molar-refractivity contribution in [2.75, 3.05) is 13.2 Å². The summed E-state index contributed by atoms with van der Waals surface area (Å²) in [5.74, 6) is -0.870. The van der Waals surface area contributed by atoms with E-state index < -0.39 is 18.1 Å². The van der Waals surface area contributed by atoms with Crippen LogP contribution in [0.3, 0.4) is 0 Å². The van der Waals surface area contributed by atoms with Crippen LogP contribution >= 0.6 is 0 Å². The Kier molecular flexibility index (Phi) is 6.75. The third-order valence-corrected chi connectivity index (χ3v) is 7.58. The second-order valence-corrected chi connectivity index (χ2v) is 9.90. The lowest BCUT2D eigenvalue weighted by atomic mass is 9.96. The van der Waals surface area contributed by atoms with Crippen molar-refractivity contribution in [3.8, 4) is 11.1 Å². The van der Waals surface area contributed by atoms with Crippen molar-refractivity contribution in [3.63, 3.8) is 0 Å². The molecule has 2 fully saturated rings. The van der Waals surface area contributed by atoms with Gasteiger partial charge in [0.05, 0.1) is 0 Å². The smallest absolute Gasteiger partial charge is 0.407 e. The number of fused-ring (bicyclic) bond motifs is 3. The van der Waals surface area contributed by atoms with Crippen LogP contribution in [0, 0.1) is 5.92 Å². The molecule has 2 amide bonds. The average Bonchev–Trinajstić information content (AvgIpc) is 3.67. The first-order chi connectivity index (χ1) is 17.0. The second-order valence-electron chi connectivity index (χ2n) is 9.90. The van der Waals surface area contributed by atoms with Gasteiger partial charge in [-0.15, -0.1) is 0 Å². The van der Waals surface area contributed by atoms with E-state index in [2.05, 4.69) is 29.6 Å². The average molecular weight is 477 g/mol. The Bertz CT molecular complexity index is 1070. The number of nitrogens with one attached hydrogen (secondary N) is 1. The van der Waals surface area contributed by atoms with E-state index in [-0.39, 0.29) is 36.8 Å². The molecule has 0 radical (unpaired) electrons. The van der Waals surface area contributed by atoms with Gasteiger partial charge in [0.2, 0.25) is 5.91 Å². The number of hydrogen-bond acceptors (Lipinski definition) is 4. The summed E-state index contributed by atoms with van der Waals surface area (Å²) in [5, 5.41) is 12.0. The van der Waals surface area contributed by atoms with E-state index in [1.165, 1.54) is 11.1 Å². The quantitative estimate of drug-likeness (QED) is 0.583. The van der Waals surface area contributed by atoms with Gasteiger partial charge in [-0.25, -0.2) is 4.79 Å². The van der Waals surface area contributed by atoms with Crippen LogP contribution in [0.25, 0.3) is 11.1 Å². The highest BCUT2D eigenvalue weighted by atomic mass is 16.5. The molecule has 1 aliphatic heterocycles. The summed E-state index contributed by atoms with van der Waals surface area (Å²) in [6, 6.07) is 15.7. The summed E-state index contributed by atoms with van der Waals surface area (Å²) < 4.78 is 5.69. The number of benzene rings is 2. The van der Waals surface area contributed by atoms with Gasteiger partial charge < -0.3 is 20.1 Å². The Hall–Kier alpha value is -3.35. The largest absolute Gasteiger partial charge is 0.481 e. The fourth-order valence-corrected chi connectivity index (χ4v) is 5.64. The first-order valence-electron chi connectivity index (χ1n) is 12.7. The van der Waals surface area contributed by atoms with Crippen molar-refractivity contribution in [2.45, 2.75) is 62.9 Å². The number of alkyl carbamates (subject to hydrolysis) is 1. The Morgan fingerprint density at radius 2 is 1.63 bits per heavy atom. The highest BCUT2D eigenvalue weighted by molar-refractivity contribution is 5.87. The SMILES string of the molecule is O=C(O)CCC1CCCCN1C(=O)C(NC(=O)OCC1c2ccccc2-c2ccccc21)C1CC1. The second kappa shape index (κ2) is 10.1. The maximum atomic E-state index is 13.5. The third kappa shape index (κ3) is 5.04. The van der Waals surface area contributed by atoms with Gasteiger partial charge in [-0.3, -0.25) is 9.59 Å². The number of carbonyl (C=O) groups excluding carboxylic acids is 2. The van der Waals surface area contributed by atoms with Gasteiger partial charge in [-0.05, 0) is 66.7 Å². The lowest BCUT2D eigenvalue weighted by Crippen LogP contribution is -2.54. The highest BCUT2D eigenvalue weighted by Gasteiger charge is 2.42. The van der Waals surface area contributed by atoms with Crippen LogP contribution in [-0.2, 0) is 14.3 Å². The van der Waals surface area contributed by atoms with Crippen molar-refractivity contribution in [3.05, 3.63) is 59.7 Å². The van der Waals surface area contributed by atoms with Gasteiger partial charge in [-0.2, -0.15) is 0 Å². The van der Waals surface area contributed by atoms with Crippen molar-refractivity contribution in [1.82, 2.24) is 10.2 Å². The van der Waals surface area contributed by atoms with Crippen molar-refractivity contribution >= 4 is 18.0 Å². The van der Waals surface area contributed by atoms with Gasteiger partial charge in [0.15, 0.2) is 0 Å². The zero-order valence-corrected chi connectivity index (χ0v) is 19.8. The van der Waals surface area contributed by atoms with Crippen molar-refractivity contribution < 1.29 is 24.2 Å². The Labute approximate surface area is 205 Å². The van der Waals surface area contributed by atoms with Crippen LogP contribution in [0.1, 0.15) is 62.0 Å². The molecule has 0 aromatic heterocycles. The molecule has 2 N–H and O–H groups in total. The summed E-state index contributed by atoms with van der Waals surface area (Å²) in [7, 11) is 0. The van der Waals surface area contributed by atoms with E-state index in [0.717, 1.165) is 43.2 Å². The number of carboxylic acid groups (broad SMARTS) is 1. The molecule has 0 bridgehead atoms. The first-order valence-corrected chi connectivity index (χ1v) is 12.7. The van der Waals surface area contributed by atoms with Crippen LogP contribution in [-0.4, -0.2) is 53.2 Å². The minimum Gasteiger partial charge on any atom is -0.481 e. The highest BCUT2D eigenvalue weighted by Crippen LogP contribution is 2.44. The topological polar surface area (TPSA) is 95.9 Å². The molecule has 7 heteroatoms. The number of likely N-dealkylation sites (tertiary alicyclic amines) is 1. The third-order valence-electron chi connectivity index (χ3n) is 7.58. The maximum absolute atomic E-state index is 13.5. The van der Waals surface area contributed by atoms with Crippen LogP contribution in [0.2, 0.25) is 0 Å². The molecular formula is C28H32N2O5. The molecule has 0 spiro atoms. The molecule has 1 saturated carbocycles. The van der Waals surface area contributed by atoms with Gasteiger partial charge in [0.1, 0.15) is 12.6 Å². The van der Waals surface area contributed by atoms with Gasteiger partial charge in [0, 0.05) is 24.9 Å². The predicted molar refractivity (Wildman–Crippen MR) is 131 cm³/mol. The molecule has 184 valence electrons. The van der Waals surface area contributed by atoms with Crippen LogP contribution in [0.15, 0.2) is 48.5 Å². The van der Waals surface area contributed by atoms with E-state index in [1.54, 1.807) is 4.90 Å². The van der Waals surface area contributed by atoms with Crippen LogP contribution in [0.4, 0.5) is 4.79 Å². The molecule has 2 atom stereocenters. The lowest BCUT2D eigenvalue weighted by Gasteiger charge is -2.38. The molecule has 7 nitrogen and oxygen atoms in total. The van der Waals surface area contributed by atoms with E-state index in [9.17, 15) is 14.4 Å². The molecule has 1 saturated heterocycles. The number of ether oxygens (including phenoxy) is 1. The molecule has 2 aromatic rings. The van der Waals surface area contributed by atoms with Gasteiger partial charge in [-0.1, -0.05) is 48.5 Å². The van der Waals surface area contributed by atoms with E-state index >= 15 is 0 Å². The summed E-state index contributed by atoms with van der Waals surface area (Å²) in [6.45, 7) is 0.815. The Morgan fingerprint density at radius 1 is 0.971 bits per heavy atom. The van der Waals surface area contributed by atoms with E-state index in [4.69, 9.17) is 9.84 Å². The molecule has 2 aromatic carbocycles. The molecule has 1 heterocycles. The normalized spacial score (nSPS) is 20.0. The molecule has 5 rings (SSSR count). The lowest BCUT2D eigenvalue weighted by molar-refractivity contribution is -0.141. The Balaban J connectivity index is 1.24. The van der Waals surface area contributed by atoms with Gasteiger partial charge in [0.25, 0.3) is 0 Å². The summed E-state index contributed by atoms with van der Waals surface area (Å²) in [6.07, 6.45) is 4.41. The zero-order valence-electron chi connectivity index (χ0n) is 19.8. The molecule has 2 unspecified atom stereocenters. The van der Waals surface area contributed by atoms with Crippen LogP contribution in [0.5, 0.6) is 0 Å². The number of aliphatic carboxylic acids is 1. The molecule has 2 aliphatic carbocycles. The van der Waals surface area contributed by atoms with Gasteiger partial charge >= 0.3 is 12.1 Å². The fourth-order valence-electron chi connectivity index (χ4n) is 5.64. The fraction of sp³-hybridized carbons (Fsp3) is 0.464. The van der Waals surface area contributed by atoms with E-state index in [1.807, 2.05) is 24.3 Å². The number of rotatable bonds is 8. The summed E-state index contributed by atoms with van der Waals surface area (Å²) >= 11 is 0. The number of amides is 2. The molecule has 35 heavy (non-hydrogen) atoms. The Morgan fingerprint density at radius 3 is 2.26 bits per heavy atom. The van der Waals surface area contributed by atoms with E-state index in [0.29, 0.717) is 13.0 Å².